The number of hydrogen-bond donors (Lipinski definition) is 4. The van der Waals surface area contributed by atoms with E-state index in [0.29, 0.717) is 46.7 Å². The average molecular weight is 531 g/mol. The van der Waals surface area contributed by atoms with Crippen LogP contribution in [-0.4, -0.2) is 55.1 Å². The maximum absolute atomic E-state index is 12.7. The monoisotopic (exact) mass is 529 g/mol. The summed E-state index contributed by atoms with van der Waals surface area (Å²) in [6.45, 7) is 7.93. The molecule has 0 aliphatic carbocycles. The Bertz CT molecular complexity index is 1040. The van der Waals surface area contributed by atoms with Crippen molar-refractivity contribution in [2.45, 2.75) is 57.7 Å². The molecule has 2 aromatic rings. The van der Waals surface area contributed by atoms with Crippen molar-refractivity contribution in [3.05, 3.63) is 75.5 Å². The molecule has 2 aromatic carbocycles. The zero-order chi connectivity index (χ0) is 25.5. The van der Waals surface area contributed by atoms with Gasteiger partial charge in [-0.1, -0.05) is 35.7 Å². The molecule has 1 amide bonds. The minimum atomic E-state index is -0.0986. The Morgan fingerprint density at radius 2 is 1.83 bits per heavy atom. The Labute approximate surface area is 224 Å². The minimum absolute atomic E-state index is 0.0986. The van der Waals surface area contributed by atoms with Gasteiger partial charge in [-0.3, -0.25) is 4.79 Å². The third-order valence-electron chi connectivity index (χ3n) is 6.72. The van der Waals surface area contributed by atoms with Gasteiger partial charge in [0.25, 0.3) is 5.91 Å². The first-order chi connectivity index (χ1) is 17.4. The maximum Gasteiger partial charge on any atom is 0.251 e. The van der Waals surface area contributed by atoms with Crippen LogP contribution in [0.3, 0.4) is 0 Å². The summed E-state index contributed by atoms with van der Waals surface area (Å²) in [5.74, 6) is 1.03. The molecule has 2 heterocycles. The molecule has 4 rings (SSSR count). The SMILES string of the molecule is C[C@H]1CN(/C(=C\C2CCCCN2)Nc2ccc(C(=O)NCCc3ccc(Cl)cc3Cl)cc2)C[C@H](C)N1. The van der Waals surface area contributed by atoms with E-state index in [1.54, 1.807) is 6.07 Å². The maximum atomic E-state index is 12.7. The van der Waals surface area contributed by atoms with Crippen LogP contribution in [0.2, 0.25) is 10.0 Å². The van der Waals surface area contributed by atoms with E-state index >= 15 is 0 Å². The van der Waals surface area contributed by atoms with Crippen LogP contribution in [0.4, 0.5) is 5.69 Å². The third kappa shape index (κ3) is 7.62. The van der Waals surface area contributed by atoms with Crippen LogP contribution < -0.4 is 21.3 Å². The lowest BCUT2D eigenvalue weighted by atomic mass is 10.0. The normalized spacial score (nSPS) is 22.8. The molecule has 0 radical (unpaired) electrons. The van der Waals surface area contributed by atoms with E-state index in [9.17, 15) is 4.79 Å². The Balaban J connectivity index is 1.38. The molecule has 2 aliphatic rings. The molecule has 36 heavy (non-hydrogen) atoms. The van der Waals surface area contributed by atoms with Gasteiger partial charge in [0, 0.05) is 59.1 Å². The molecule has 3 atom stereocenters. The topological polar surface area (TPSA) is 68.4 Å². The van der Waals surface area contributed by atoms with Gasteiger partial charge in [0.1, 0.15) is 5.82 Å². The first-order valence-corrected chi connectivity index (χ1v) is 13.7. The number of benzene rings is 2. The summed E-state index contributed by atoms with van der Waals surface area (Å²) >= 11 is 12.2. The van der Waals surface area contributed by atoms with Gasteiger partial charge in [0.2, 0.25) is 0 Å². The van der Waals surface area contributed by atoms with E-state index in [-0.39, 0.29) is 5.91 Å². The largest absolute Gasteiger partial charge is 0.355 e. The molecule has 194 valence electrons. The van der Waals surface area contributed by atoms with Crippen LogP contribution in [0, 0.1) is 0 Å². The van der Waals surface area contributed by atoms with Crippen LogP contribution in [0.5, 0.6) is 0 Å². The number of piperidine rings is 1. The van der Waals surface area contributed by atoms with Crippen molar-refractivity contribution in [3.8, 4) is 0 Å². The standard InChI is InChI=1S/C28H37Cl2N5O/c1-19-17-35(18-20(2)33-19)27(16-25-5-3-4-13-31-25)34-24-10-7-22(8-11-24)28(36)32-14-12-21-6-9-23(29)15-26(21)30/h6-11,15-16,19-20,25,31,33-34H,3-5,12-14,17-18H2,1-2H3,(H,32,36)/b27-16-/t19-,20-,25?/m0/s1. The van der Waals surface area contributed by atoms with Crippen molar-refractivity contribution in [2.24, 2.45) is 0 Å². The van der Waals surface area contributed by atoms with Gasteiger partial charge in [-0.25, -0.2) is 0 Å². The molecule has 2 saturated heterocycles. The fourth-order valence-corrected chi connectivity index (χ4v) is 5.45. The minimum Gasteiger partial charge on any atom is -0.355 e. The fourth-order valence-electron chi connectivity index (χ4n) is 4.95. The molecule has 2 fully saturated rings. The lowest BCUT2D eigenvalue weighted by molar-refractivity contribution is 0.0954. The highest BCUT2D eigenvalue weighted by Crippen LogP contribution is 2.22. The van der Waals surface area contributed by atoms with Gasteiger partial charge in [-0.05, 0) is 87.7 Å². The Morgan fingerprint density at radius 3 is 2.50 bits per heavy atom. The van der Waals surface area contributed by atoms with Crippen molar-refractivity contribution in [1.29, 1.82) is 0 Å². The summed E-state index contributed by atoms with van der Waals surface area (Å²) in [5.41, 5.74) is 2.57. The Kier molecular flexibility index (Phi) is 9.54. The number of nitrogens with one attached hydrogen (secondary N) is 4. The summed E-state index contributed by atoms with van der Waals surface area (Å²) < 4.78 is 0. The van der Waals surface area contributed by atoms with Gasteiger partial charge in [-0.2, -0.15) is 0 Å². The van der Waals surface area contributed by atoms with E-state index in [0.717, 1.165) is 43.1 Å². The molecule has 6 nitrogen and oxygen atoms in total. The molecule has 0 aromatic heterocycles. The number of rotatable bonds is 8. The molecular weight excluding hydrogens is 493 g/mol. The predicted octanol–water partition coefficient (Wildman–Crippen LogP) is 5.04. The molecule has 1 unspecified atom stereocenters. The van der Waals surface area contributed by atoms with Crippen LogP contribution >= 0.6 is 23.2 Å². The molecule has 0 spiro atoms. The van der Waals surface area contributed by atoms with Gasteiger partial charge in [0.15, 0.2) is 0 Å². The molecule has 8 heteroatoms. The van der Waals surface area contributed by atoms with E-state index in [4.69, 9.17) is 23.2 Å². The fraction of sp³-hybridized carbons (Fsp3) is 0.464. The van der Waals surface area contributed by atoms with Crippen molar-refractivity contribution in [2.75, 3.05) is 31.5 Å². The highest BCUT2D eigenvalue weighted by molar-refractivity contribution is 6.35. The van der Waals surface area contributed by atoms with Crippen LogP contribution in [0.15, 0.2) is 54.4 Å². The summed E-state index contributed by atoms with van der Waals surface area (Å²) in [6.07, 6.45) is 6.64. The first-order valence-electron chi connectivity index (χ1n) is 12.9. The van der Waals surface area contributed by atoms with Crippen molar-refractivity contribution < 1.29 is 4.79 Å². The molecule has 0 bridgehead atoms. The highest BCUT2D eigenvalue weighted by Gasteiger charge is 2.24. The zero-order valence-electron chi connectivity index (χ0n) is 21.1. The second kappa shape index (κ2) is 12.8. The number of carbonyl (C=O) groups is 1. The van der Waals surface area contributed by atoms with Crippen LogP contribution in [-0.2, 0) is 6.42 Å². The van der Waals surface area contributed by atoms with Crippen molar-refractivity contribution >= 4 is 34.8 Å². The van der Waals surface area contributed by atoms with Crippen LogP contribution in [0.1, 0.15) is 49.0 Å². The molecule has 2 aliphatic heterocycles. The first kappa shape index (κ1) is 26.8. The smallest absolute Gasteiger partial charge is 0.251 e. The Hall–Kier alpha value is -2.25. The summed E-state index contributed by atoms with van der Waals surface area (Å²) in [7, 11) is 0. The van der Waals surface area contributed by atoms with E-state index in [2.05, 4.69) is 46.1 Å². The average Bonchev–Trinajstić information content (AvgIpc) is 2.85. The number of carbonyl (C=O) groups excluding carboxylic acids is 1. The third-order valence-corrected chi connectivity index (χ3v) is 7.31. The number of halogens is 2. The van der Waals surface area contributed by atoms with Crippen LogP contribution in [0.25, 0.3) is 0 Å². The number of hydrogen-bond acceptors (Lipinski definition) is 5. The number of piperazine rings is 1. The summed E-state index contributed by atoms with van der Waals surface area (Å²) in [4.78, 5) is 15.1. The predicted molar refractivity (Wildman–Crippen MR) is 150 cm³/mol. The Morgan fingerprint density at radius 1 is 1.08 bits per heavy atom. The van der Waals surface area contributed by atoms with Gasteiger partial charge in [0.05, 0.1) is 0 Å². The molecule has 0 saturated carbocycles. The summed E-state index contributed by atoms with van der Waals surface area (Å²) in [5, 5.41) is 15.1. The second-order valence-electron chi connectivity index (χ2n) is 9.93. The van der Waals surface area contributed by atoms with Gasteiger partial charge < -0.3 is 26.2 Å². The zero-order valence-corrected chi connectivity index (χ0v) is 22.6. The lowest BCUT2D eigenvalue weighted by Crippen LogP contribution is -2.54. The molecule has 4 N–H and O–H groups in total. The lowest BCUT2D eigenvalue weighted by Gasteiger charge is -2.39. The van der Waals surface area contributed by atoms with E-state index < -0.39 is 0 Å². The van der Waals surface area contributed by atoms with Crippen molar-refractivity contribution in [1.82, 2.24) is 20.9 Å². The second-order valence-corrected chi connectivity index (χ2v) is 10.8. The summed E-state index contributed by atoms with van der Waals surface area (Å²) in [6, 6.07) is 14.3. The van der Waals surface area contributed by atoms with Gasteiger partial charge in [-0.15, -0.1) is 0 Å². The van der Waals surface area contributed by atoms with Crippen molar-refractivity contribution in [3.63, 3.8) is 0 Å². The van der Waals surface area contributed by atoms with Gasteiger partial charge >= 0.3 is 0 Å². The van der Waals surface area contributed by atoms with E-state index in [1.807, 2.05) is 36.4 Å². The number of nitrogens with zero attached hydrogens (tertiary/aromatic N) is 1. The number of anilines is 1. The quantitative estimate of drug-likeness (QED) is 0.385. The number of amides is 1. The molecular formula is C28H37Cl2N5O. The highest BCUT2D eigenvalue weighted by atomic mass is 35.5. The van der Waals surface area contributed by atoms with E-state index in [1.165, 1.54) is 12.8 Å².